The van der Waals surface area contributed by atoms with E-state index in [1.54, 1.807) is 12.1 Å². The van der Waals surface area contributed by atoms with Crippen LogP contribution in [-0.2, 0) is 31.5 Å². The van der Waals surface area contributed by atoms with E-state index in [0.717, 1.165) is 5.56 Å². The number of benzene rings is 2. The van der Waals surface area contributed by atoms with Gasteiger partial charge in [0.15, 0.2) is 0 Å². The molecule has 0 aromatic heterocycles. The van der Waals surface area contributed by atoms with Gasteiger partial charge in [0.2, 0.25) is 15.9 Å². The SMILES string of the molecule is C[C@H]1CC[C@H](c2ccccc2)S(=O)(=O)N1Cc1ccc(C2(C(=O)NCC#N)CCOCC2)cc1F. The van der Waals surface area contributed by atoms with Gasteiger partial charge in [-0.15, -0.1) is 0 Å². The Kier molecular flexibility index (Phi) is 7.55. The van der Waals surface area contributed by atoms with Crippen molar-refractivity contribution >= 4 is 15.9 Å². The van der Waals surface area contributed by atoms with Crippen LogP contribution in [0.4, 0.5) is 4.39 Å². The minimum Gasteiger partial charge on any atom is -0.381 e. The van der Waals surface area contributed by atoms with Crippen molar-refractivity contribution in [2.75, 3.05) is 19.8 Å². The third-order valence-corrected chi connectivity index (χ3v) is 9.61. The monoisotopic (exact) mass is 499 g/mol. The molecule has 7 nitrogen and oxygen atoms in total. The molecule has 0 unspecified atom stereocenters. The molecule has 2 saturated heterocycles. The second-order valence-corrected chi connectivity index (χ2v) is 11.3. The van der Waals surface area contributed by atoms with Gasteiger partial charge in [0.1, 0.15) is 17.6 Å². The van der Waals surface area contributed by atoms with Crippen LogP contribution in [0.25, 0.3) is 0 Å². The van der Waals surface area contributed by atoms with Gasteiger partial charge in [-0.3, -0.25) is 4.79 Å². The van der Waals surface area contributed by atoms with Crippen molar-refractivity contribution in [2.24, 2.45) is 0 Å². The van der Waals surface area contributed by atoms with Gasteiger partial charge < -0.3 is 10.1 Å². The number of hydrogen-bond donors (Lipinski definition) is 1. The zero-order valence-corrected chi connectivity index (χ0v) is 20.6. The summed E-state index contributed by atoms with van der Waals surface area (Å²) in [5.74, 6) is -0.877. The van der Waals surface area contributed by atoms with Crippen molar-refractivity contribution in [1.29, 1.82) is 5.26 Å². The molecule has 2 aliphatic heterocycles. The average Bonchev–Trinajstić information content (AvgIpc) is 2.86. The summed E-state index contributed by atoms with van der Waals surface area (Å²) in [6.07, 6.45) is 1.95. The number of nitrogens with zero attached hydrogens (tertiary/aromatic N) is 2. The van der Waals surface area contributed by atoms with Crippen molar-refractivity contribution < 1.29 is 22.3 Å². The number of carbonyl (C=O) groups is 1. The highest BCUT2D eigenvalue weighted by atomic mass is 32.2. The Bertz CT molecular complexity index is 1210. The number of halogens is 1. The van der Waals surface area contributed by atoms with E-state index in [2.05, 4.69) is 5.32 Å². The molecule has 0 radical (unpaired) electrons. The first kappa shape index (κ1) is 25.3. The topological polar surface area (TPSA) is 99.5 Å². The summed E-state index contributed by atoms with van der Waals surface area (Å²) >= 11 is 0. The first-order valence-electron chi connectivity index (χ1n) is 11.9. The smallest absolute Gasteiger partial charge is 0.231 e. The Morgan fingerprint density at radius 3 is 2.57 bits per heavy atom. The van der Waals surface area contributed by atoms with Crippen molar-refractivity contribution in [1.82, 2.24) is 9.62 Å². The summed E-state index contributed by atoms with van der Waals surface area (Å²) in [6.45, 7) is 2.36. The summed E-state index contributed by atoms with van der Waals surface area (Å²) in [6, 6.07) is 15.4. The third kappa shape index (κ3) is 4.96. The number of amides is 1. The van der Waals surface area contributed by atoms with Crippen molar-refractivity contribution in [2.45, 2.75) is 55.9 Å². The highest BCUT2D eigenvalue weighted by Gasteiger charge is 2.43. The van der Waals surface area contributed by atoms with Gasteiger partial charge in [-0.05, 0) is 49.8 Å². The minimum absolute atomic E-state index is 0.0737. The maximum atomic E-state index is 15.4. The van der Waals surface area contributed by atoms with Gasteiger partial charge >= 0.3 is 0 Å². The van der Waals surface area contributed by atoms with E-state index in [0.29, 0.717) is 44.5 Å². The summed E-state index contributed by atoms with van der Waals surface area (Å²) in [7, 11) is -3.69. The van der Waals surface area contributed by atoms with Crippen LogP contribution in [0.2, 0.25) is 0 Å². The Morgan fingerprint density at radius 1 is 1.20 bits per heavy atom. The first-order valence-corrected chi connectivity index (χ1v) is 13.4. The number of ether oxygens (including phenoxy) is 1. The van der Waals surface area contributed by atoms with E-state index < -0.39 is 26.5 Å². The van der Waals surface area contributed by atoms with Crippen LogP contribution >= 0.6 is 0 Å². The molecule has 0 spiro atoms. The van der Waals surface area contributed by atoms with Crippen LogP contribution in [0.15, 0.2) is 48.5 Å². The van der Waals surface area contributed by atoms with Gasteiger partial charge in [-0.2, -0.15) is 9.57 Å². The molecular weight excluding hydrogens is 469 g/mol. The van der Waals surface area contributed by atoms with E-state index in [9.17, 15) is 13.2 Å². The maximum Gasteiger partial charge on any atom is 0.231 e. The van der Waals surface area contributed by atoms with Crippen LogP contribution in [0, 0.1) is 17.1 Å². The summed E-state index contributed by atoms with van der Waals surface area (Å²) < 4.78 is 49.2. The number of nitrogens with one attached hydrogen (secondary N) is 1. The van der Waals surface area contributed by atoms with Crippen LogP contribution in [0.1, 0.15) is 54.5 Å². The average molecular weight is 500 g/mol. The molecule has 1 amide bonds. The Hall–Kier alpha value is -2.80. The van der Waals surface area contributed by atoms with E-state index in [1.165, 1.54) is 10.4 Å². The van der Waals surface area contributed by atoms with E-state index in [-0.39, 0.29) is 30.6 Å². The summed E-state index contributed by atoms with van der Waals surface area (Å²) in [4.78, 5) is 13.0. The molecule has 2 aromatic rings. The second kappa shape index (κ2) is 10.4. The lowest BCUT2D eigenvalue weighted by Crippen LogP contribution is -2.48. The van der Waals surface area contributed by atoms with Crippen LogP contribution in [-0.4, -0.2) is 44.4 Å². The lowest BCUT2D eigenvalue weighted by atomic mass is 9.73. The normalized spacial score (nSPS) is 23.8. The lowest BCUT2D eigenvalue weighted by molar-refractivity contribution is -0.130. The van der Waals surface area contributed by atoms with Gasteiger partial charge in [0.05, 0.1) is 11.5 Å². The zero-order valence-electron chi connectivity index (χ0n) is 19.7. The molecule has 2 atom stereocenters. The number of rotatable bonds is 6. The molecule has 0 bridgehead atoms. The fourth-order valence-electron chi connectivity index (χ4n) is 5.15. The number of nitriles is 1. The number of hydrogen-bond acceptors (Lipinski definition) is 5. The van der Waals surface area contributed by atoms with Gasteiger partial charge in [-0.1, -0.05) is 42.5 Å². The number of sulfonamides is 1. The van der Waals surface area contributed by atoms with Gasteiger partial charge in [0, 0.05) is 31.4 Å². The quantitative estimate of drug-likeness (QED) is 0.613. The maximum absolute atomic E-state index is 15.4. The minimum atomic E-state index is -3.69. The molecule has 2 aromatic carbocycles. The second-order valence-electron chi connectivity index (χ2n) is 9.26. The van der Waals surface area contributed by atoms with Crippen molar-refractivity contribution in [3.8, 4) is 6.07 Å². The zero-order chi connectivity index (χ0) is 25.1. The predicted octanol–water partition coefficient (Wildman–Crippen LogP) is 3.57. The van der Waals surface area contributed by atoms with Crippen molar-refractivity contribution in [3.05, 3.63) is 71.0 Å². The van der Waals surface area contributed by atoms with Crippen molar-refractivity contribution in [3.63, 3.8) is 0 Å². The molecule has 9 heteroatoms. The summed E-state index contributed by atoms with van der Waals surface area (Å²) in [5.41, 5.74) is 0.522. The molecule has 0 saturated carbocycles. The van der Waals surface area contributed by atoms with E-state index >= 15 is 4.39 Å². The Balaban J connectivity index is 1.62. The van der Waals surface area contributed by atoms with Crippen LogP contribution < -0.4 is 5.32 Å². The Morgan fingerprint density at radius 2 is 1.91 bits per heavy atom. The van der Waals surface area contributed by atoms with Gasteiger partial charge in [0.25, 0.3) is 0 Å². The molecular formula is C26H30FN3O4S. The number of carbonyl (C=O) groups excluding carboxylic acids is 1. The standard InChI is InChI=1S/C26H30FN3O4S/c1-19-7-10-24(20-5-3-2-4-6-20)35(32,33)30(19)18-21-8-9-22(17-23(21)27)26(11-15-34-16-12-26)25(31)29-14-13-28/h2-6,8-9,17,19,24H,7,10-12,14-16,18H2,1H3,(H,29,31)/t19-,24+/m0/s1. The fraction of sp³-hybridized carbons (Fsp3) is 0.462. The van der Waals surface area contributed by atoms with Crippen LogP contribution in [0.3, 0.4) is 0 Å². The molecule has 2 heterocycles. The highest BCUT2D eigenvalue weighted by Crippen LogP contribution is 2.39. The third-order valence-electron chi connectivity index (χ3n) is 7.24. The Labute approximate surface area is 205 Å². The van der Waals surface area contributed by atoms with Crippen LogP contribution in [0.5, 0.6) is 0 Å². The van der Waals surface area contributed by atoms with E-state index in [4.69, 9.17) is 10.00 Å². The molecule has 2 aliphatic rings. The highest BCUT2D eigenvalue weighted by molar-refractivity contribution is 7.89. The first-order chi connectivity index (χ1) is 16.8. The molecule has 2 fully saturated rings. The molecule has 0 aliphatic carbocycles. The molecule has 4 rings (SSSR count). The largest absolute Gasteiger partial charge is 0.381 e. The van der Waals surface area contributed by atoms with E-state index in [1.807, 2.05) is 43.3 Å². The predicted molar refractivity (Wildman–Crippen MR) is 129 cm³/mol. The summed E-state index contributed by atoms with van der Waals surface area (Å²) in [5, 5.41) is 10.8. The van der Waals surface area contributed by atoms with Gasteiger partial charge in [-0.25, -0.2) is 12.8 Å². The molecule has 186 valence electrons. The fourth-order valence-corrected chi connectivity index (χ4v) is 7.34. The lowest BCUT2D eigenvalue weighted by Gasteiger charge is -2.38. The molecule has 35 heavy (non-hydrogen) atoms. The molecule has 1 N–H and O–H groups in total.